The number of sulfone groups is 1. The van der Waals surface area contributed by atoms with E-state index in [9.17, 15) is 13.2 Å². The minimum absolute atomic E-state index is 0.0232. The quantitative estimate of drug-likeness (QED) is 0.806. The van der Waals surface area contributed by atoms with Crippen LogP contribution >= 0.6 is 0 Å². The summed E-state index contributed by atoms with van der Waals surface area (Å²) in [6.45, 7) is 0.109. The highest BCUT2D eigenvalue weighted by atomic mass is 32.2. The summed E-state index contributed by atoms with van der Waals surface area (Å²) in [5.74, 6) is -0.363. The van der Waals surface area contributed by atoms with Crippen LogP contribution < -0.4 is 0 Å². The van der Waals surface area contributed by atoms with E-state index >= 15 is 0 Å². The van der Waals surface area contributed by atoms with Crippen molar-refractivity contribution < 1.29 is 18.0 Å². The van der Waals surface area contributed by atoms with Gasteiger partial charge in [0, 0.05) is 5.92 Å². The molecule has 2 aliphatic rings. The van der Waals surface area contributed by atoms with Crippen molar-refractivity contribution in [2.24, 2.45) is 5.92 Å². The van der Waals surface area contributed by atoms with Crippen LogP contribution in [0.5, 0.6) is 0 Å². The predicted molar refractivity (Wildman–Crippen MR) is 78.3 cm³/mol. The van der Waals surface area contributed by atoms with Crippen LogP contribution in [0.2, 0.25) is 0 Å². The van der Waals surface area contributed by atoms with Gasteiger partial charge in [-0.2, -0.15) is 5.26 Å². The van der Waals surface area contributed by atoms with Crippen molar-refractivity contribution in [1.29, 1.82) is 5.26 Å². The molecule has 0 unspecified atom stereocenters. The van der Waals surface area contributed by atoms with E-state index in [1.807, 2.05) is 12.1 Å². The number of carbonyl (C=O) groups excluding carboxylic acids is 1. The van der Waals surface area contributed by atoms with Gasteiger partial charge in [-0.15, -0.1) is 0 Å². The lowest BCUT2D eigenvalue weighted by Gasteiger charge is -2.18. The molecule has 1 aliphatic carbocycles. The number of amides is 1. The molecule has 1 saturated heterocycles. The molecule has 0 aromatic heterocycles. The molecule has 1 aliphatic heterocycles. The van der Waals surface area contributed by atoms with E-state index in [2.05, 4.69) is 6.07 Å². The average Bonchev–Trinajstić information content (AvgIpc) is 3.31. The monoisotopic (exact) mass is 320 g/mol. The molecule has 1 aromatic rings. The van der Waals surface area contributed by atoms with E-state index < -0.39 is 9.84 Å². The van der Waals surface area contributed by atoms with Gasteiger partial charge in [-0.1, -0.05) is 12.1 Å². The Kier molecular flexibility index (Phi) is 3.89. The van der Waals surface area contributed by atoms with Gasteiger partial charge in [0.2, 0.25) is 5.91 Å². The lowest BCUT2D eigenvalue weighted by Crippen LogP contribution is -2.34. The molecule has 1 heterocycles. The first-order valence-corrected chi connectivity index (χ1v) is 8.97. The van der Waals surface area contributed by atoms with Gasteiger partial charge in [0.15, 0.2) is 9.84 Å². The van der Waals surface area contributed by atoms with Gasteiger partial charge in [-0.05, 0) is 30.0 Å². The maximum Gasteiger partial charge on any atom is 0.249 e. The summed E-state index contributed by atoms with van der Waals surface area (Å²) < 4.78 is 23.1. The Morgan fingerprint density at radius 1 is 1.36 bits per heavy atom. The zero-order valence-electron chi connectivity index (χ0n) is 11.9. The van der Waals surface area contributed by atoms with Gasteiger partial charge >= 0.3 is 0 Å². The Balaban J connectivity index is 1.66. The van der Waals surface area contributed by atoms with E-state index in [0.717, 1.165) is 5.56 Å². The summed E-state index contributed by atoms with van der Waals surface area (Å²) in [6.07, 6.45) is 0.709. The molecule has 1 aromatic carbocycles. The molecular weight excluding hydrogens is 304 g/mol. The number of nitriles is 1. The largest absolute Gasteiger partial charge is 0.272 e. The molecular formula is C15H16N2O4S. The number of rotatable bonds is 2. The minimum atomic E-state index is -3.12. The first-order valence-electron chi connectivity index (χ1n) is 7.15. The van der Waals surface area contributed by atoms with Crippen molar-refractivity contribution >= 4 is 15.7 Å². The van der Waals surface area contributed by atoms with Crippen LogP contribution in [0.1, 0.15) is 23.5 Å². The third kappa shape index (κ3) is 3.13. The van der Waals surface area contributed by atoms with Crippen molar-refractivity contribution in [1.82, 2.24) is 5.06 Å². The van der Waals surface area contributed by atoms with Crippen LogP contribution in [-0.4, -0.2) is 44.0 Å². The van der Waals surface area contributed by atoms with E-state index in [0.29, 0.717) is 12.0 Å². The third-order valence-electron chi connectivity index (χ3n) is 4.04. The zero-order valence-corrected chi connectivity index (χ0v) is 12.8. The van der Waals surface area contributed by atoms with Crippen molar-refractivity contribution in [3.8, 4) is 6.07 Å². The topological polar surface area (TPSA) is 87.5 Å². The van der Waals surface area contributed by atoms with Crippen molar-refractivity contribution in [3.05, 3.63) is 35.4 Å². The summed E-state index contributed by atoms with van der Waals surface area (Å²) in [5.41, 5.74) is 1.55. The van der Waals surface area contributed by atoms with Crippen LogP contribution in [0.15, 0.2) is 24.3 Å². The molecule has 0 radical (unpaired) electrons. The van der Waals surface area contributed by atoms with E-state index in [4.69, 9.17) is 10.1 Å². The Hall–Kier alpha value is -1.91. The number of hydrogen-bond acceptors (Lipinski definition) is 5. The number of benzene rings is 1. The van der Waals surface area contributed by atoms with E-state index in [-0.39, 0.29) is 42.4 Å². The van der Waals surface area contributed by atoms with Crippen molar-refractivity contribution in [2.45, 2.75) is 12.3 Å². The Morgan fingerprint density at radius 2 is 2.18 bits per heavy atom. The molecule has 3 rings (SSSR count). The molecule has 116 valence electrons. The van der Waals surface area contributed by atoms with Gasteiger partial charge in [0.05, 0.1) is 36.3 Å². The third-order valence-corrected chi connectivity index (χ3v) is 5.64. The molecule has 0 spiro atoms. The van der Waals surface area contributed by atoms with Crippen LogP contribution in [0, 0.1) is 17.2 Å². The fraction of sp³-hybridized carbons (Fsp3) is 0.467. The maximum absolute atomic E-state index is 12.4. The summed E-state index contributed by atoms with van der Waals surface area (Å²) >= 11 is 0. The lowest BCUT2D eigenvalue weighted by molar-refractivity contribution is -0.183. The fourth-order valence-corrected chi connectivity index (χ4v) is 3.67. The predicted octanol–water partition coefficient (Wildman–Crippen LogP) is 0.850. The molecule has 22 heavy (non-hydrogen) atoms. The number of hydroxylamine groups is 2. The van der Waals surface area contributed by atoms with Crippen molar-refractivity contribution in [2.75, 3.05) is 24.7 Å². The minimum Gasteiger partial charge on any atom is -0.272 e. The van der Waals surface area contributed by atoms with E-state index in [1.54, 1.807) is 12.1 Å². The summed E-state index contributed by atoms with van der Waals surface area (Å²) in [4.78, 5) is 17.7. The Labute approximate surface area is 129 Å². The van der Waals surface area contributed by atoms with Gasteiger partial charge in [-0.25, -0.2) is 13.5 Å². The van der Waals surface area contributed by atoms with Crippen molar-refractivity contribution in [3.63, 3.8) is 0 Å². The fourth-order valence-electron chi connectivity index (χ4n) is 2.70. The number of nitrogens with zero attached hydrogens (tertiary/aromatic N) is 2. The molecule has 0 bridgehead atoms. The van der Waals surface area contributed by atoms with Gasteiger partial charge in [-0.3, -0.25) is 9.63 Å². The Bertz CT molecular complexity index is 738. The van der Waals surface area contributed by atoms with Gasteiger partial charge in [0.25, 0.3) is 0 Å². The highest BCUT2D eigenvalue weighted by Crippen LogP contribution is 2.48. The normalized spacial score (nSPS) is 26.8. The first-order chi connectivity index (χ1) is 10.5. The molecule has 2 fully saturated rings. The number of carbonyl (C=O) groups is 1. The molecule has 7 heteroatoms. The maximum atomic E-state index is 12.4. The average molecular weight is 320 g/mol. The van der Waals surface area contributed by atoms with Crippen LogP contribution in [0.3, 0.4) is 0 Å². The Morgan fingerprint density at radius 3 is 2.95 bits per heavy atom. The molecule has 0 N–H and O–H groups in total. The smallest absolute Gasteiger partial charge is 0.249 e. The summed E-state index contributed by atoms with van der Waals surface area (Å²) in [6, 6.07) is 9.33. The summed E-state index contributed by atoms with van der Waals surface area (Å²) in [5, 5.41) is 10.1. The van der Waals surface area contributed by atoms with Crippen LogP contribution in [-0.2, 0) is 19.5 Å². The molecule has 6 nitrogen and oxygen atoms in total. The highest BCUT2D eigenvalue weighted by molar-refractivity contribution is 7.91. The SMILES string of the molecule is N#Cc1cccc([C@@H]2C[C@H]2C(=O)N2CCS(=O)(=O)CCO2)c1. The molecule has 1 amide bonds. The van der Waals surface area contributed by atoms with Crippen LogP contribution in [0.25, 0.3) is 0 Å². The standard InChI is InChI=1S/C15H16N2O4S/c16-10-11-2-1-3-12(8-11)13-9-14(13)15(18)17-4-6-22(19,20)7-5-21-17/h1-3,8,13-14H,4-7,9H2/t13-,14+/m0/s1. The summed E-state index contributed by atoms with van der Waals surface area (Å²) in [7, 11) is -3.12. The second kappa shape index (κ2) is 5.71. The number of hydrogen-bond donors (Lipinski definition) is 0. The zero-order chi connectivity index (χ0) is 15.7. The molecule has 2 atom stereocenters. The second-order valence-corrected chi connectivity index (χ2v) is 7.91. The first kappa shape index (κ1) is 15.0. The van der Waals surface area contributed by atoms with Crippen LogP contribution in [0.4, 0.5) is 0 Å². The lowest BCUT2D eigenvalue weighted by atomic mass is 10.1. The van der Waals surface area contributed by atoms with E-state index in [1.165, 1.54) is 5.06 Å². The highest BCUT2D eigenvalue weighted by Gasteiger charge is 2.46. The molecule has 1 saturated carbocycles. The van der Waals surface area contributed by atoms with Gasteiger partial charge in [0.1, 0.15) is 0 Å². The second-order valence-electron chi connectivity index (χ2n) is 5.61. The van der Waals surface area contributed by atoms with Gasteiger partial charge < -0.3 is 0 Å².